The molecule has 0 bridgehead atoms. The number of piperazine rings is 1. The van der Waals surface area contributed by atoms with Crippen molar-refractivity contribution in [3.8, 4) is 5.75 Å². The minimum atomic E-state index is -0.260. The lowest BCUT2D eigenvalue weighted by Gasteiger charge is -2.34. The van der Waals surface area contributed by atoms with Crippen LogP contribution in [0.15, 0.2) is 30.3 Å². The van der Waals surface area contributed by atoms with Gasteiger partial charge in [-0.2, -0.15) is 4.98 Å². The minimum Gasteiger partial charge on any atom is -0.491 e. The largest absolute Gasteiger partial charge is 0.491 e. The van der Waals surface area contributed by atoms with E-state index >= 15 is 0 Å². The fraction of sp³-hybridized carbons (Fsp3) is 0.476. The lowest BCUT2D eigenvalue weighted by Crippen LogP contribution is -2.49. The molecule has 0 saturated carbocycles. The standard InChI is InChI=1S/C21H29N5O3/c1-5-28-21(27)26-12-10-25(11-13-26)20-22-16(4)14-19(24-20)23-17-6-8-18(9-7-17)29-15(2)3/h6-9,14-15H,5,10-13H2,1-4H3,(H,22,23,24). The number of nitrogens with one attached hydrogen (secondary N) is 1. The van der Waals surface area contributed by atoms with E-state index in [-0.39, 0.29) is 12.2 Å². The van der Waals surface area contributed by atoms with Crippen LogP contribution in [0, 0.1) is 6.92 Å². The van der Waals surface area contributed by atoms with E-state index in [1.807, 2.05) is 58.0 Å². The molecule has 0 radical (unpaired) electrons. The SMILES string of the molecule is CCOC(=O)N1CCN(c2nc(C)cc(Nc3ccc(OC(C)C)cc3)n2)CC1. The molecule has 1 fully saturated rings. The summed E-state index contributed by atoms with van der Waals surface area (Å²) in [5, 5.41) is 3.33. The highest BCUT2D eigenvalue weighted by Gasteiger charge is 2.23. The van der Waals surface area contributed by atoms with E-state index in [2.05, 4.69) is 20.2 Å². The van der Waals surface area contributed by atoms with Gasteiger partial charge in [-0.05, 0) is 52.0 Å². The third-order valence-corrected chi connectivity index (χ3v) is 4.43. The second kappa shape index (κ2) is 9.45. The Balaban J connectivity index is 1.65. The van der Waals surface area contributed by atoms with Crippen molar-refractivity contribution < 1.29 is 14.3 Å². The minimum absolute atomic E-state index is 0.144. The summed E-state index contributed by atoms with van der Waals surface area (Å²) >= 11 is 0. The van der Waals surface area contributed by atoms with Crippen LogP contribution in [0.4, 0.5) is 22.2 Å². The van der Waals surface area contributed by atoms with E-state index in [4.69, 9.17) is 9.47 Å². The third kappa shape index (κ3) is 5.73. The molecule has 156 valence electrons. The van der Waals surface area contributed by atoms with Gasteiger partial charge in [0.15, 0.2) is 0 Å². The van der Waals surface area contributed by atoms with Gasteiger partial charge in [0, 0.05) is 43.6 Å². The Morgan fingerprint density at radius 2 is 1.83 bits per heavy atom. The lowest BCUT2D eigenvalue weighted by molar-refractivity contribution is 0.105. The zero-order valence-electron chi connectivity index (χ0n) is 17.5. The molecular formula is C21H29N5O3. The van der Waals surface area contributed by atoms with Crippen molar-refractivity contribution in [2.45, 2.75) is 33.8 Å². The summed E-state index contributed by atoms with van der Waals surface area (Å²) in [7, 11) is 0. The first kappa shape index (κ1) is 20.7. The van der Waals surface area contributed by atoms with Gasteiger partial charge in [-0.15, -0.1) is 0 Å². The number of benzene rings is 1. The Morgan fingerprint density at radius 1 is 1.14 bits per heavy atom. The topological polar surface area (TPSA) is 79.8 Å². The number of ether oxygens (including phenoxy) is 2. The first-order valence-electron chi connectivity index (χ1n) is 10.0. The number of aryl methyl sites for hydroxylation is 1. The Morgan fingerprint density at radius 3 is 2.45 bits per heavy atom. The van der Waals surface area contributed by atoms with Gasteiger partial charge in [0.2, 0.25) is 5.95 Å². The molecule has 0 spiro atoms. The van der Waals surface area contributed by atoms with Crippen molar-refractivity contribution in [2.75, 3.05) is 43.0 Å². The van der Waals surface area contributed by atoms with E-state index in [1.165, 1.54) is 0 Å². The Hall–Kier alpha value is -3.03. The average Bonchev–Trinajstić information content (AvgIpc) is 2.69. The van der Waals surface area contributed by atoms with E-state index in [0.29, 0.717) is 38.7 Å². The smallest absolute Gasteiger partial charge is 0.409 e. The van der Waals surface area contributed by atoms with Crippen LogP contribution < -0.4 is 15.0 Å². The van der Waals surface area contributed by atoms with Crippen molar-refractivity contribution in [1.29, 1.82) is 0 Å². The van der Waals surface area contributed by atoms with Crippen molar-refractivity contribution in [1.82, 2.24) is 14.9 Å². The van der Waals surface area contributed by atoms with Crippen LogP contribution in [0.25, 0.3) is 0 Å². The molecule has 0 atom stereocenters. The Bertz CT molecular complexity index is 818. The van der Waals surface area contributed by atoms with Gasteiger partial charge in [0.25, 0.3) is 0 Å². The van der Waals surface area contributed by atoms with Crippen molar-refractivity contribution >= 4 is 23.5 Å². The predicted molar refractivity (Wildman–Crippen MR) is 113 cm³/mol. The highest BCUT2D eigenvalue weighted by Crippen LogP contribution is 2.22. The molecule has 2 aromatic rings. The summed E-state index contributed by atoms with van der Waals surface area (Å²) < 4.78 is 10.8. The molecule has 29 heavy (non-hydrogen) atoms. The number of aromatic nitrogens is 2. The van der Waals surface area contributed by atoms with Crippen molar-refractivity contribution in [3.63, 3.8) is 0 Å². The molecule has 8 heteroatoms. The van der Waals surface area contributed by atoms with E-state index in [9.17, 15) is 4.79 Å². The van der Waals surface area contributed by atoms with Gasteiger partial charge in [0.1, 0.15) is 11.6 Å². The van der Waals surface area contributed by atoms with Gasteiger partial charge in [0.05, 0.1) is 12.7 Å². The van der Waals surface area contributed by atoms with Crippen LogP contribution in [0.5, 0.6) is 5.75 Å². The third-order valence-electron chi connectivity index (χ3n) is 4.43. The second-order valence-corrected chi connectivity index (χ2v) is 7.18. The highest BCUT2D eigenvalue weighted by atomic mass is 16.6. The zero-order chi connectivity index (χ0) is 20.8. The molecule has 3 rings (SSSR count). The zero-order valence-corrected chi connectivity index (χ0v) is 17.5. The summed E-state index contributed by atoms with van der Waals surface area (Å²) in [6.45, 7) is 10.7. The molecule has 0 unspecified atom stereocenters. The van der Waals surface area contributed by atoms with Crippen LogP contribution in [0.2, 0.25) is 0 Å². The number of hydrogen-bond donors (Lipinski definition) is 1. The summed E-state index contributed by atoms with van der Waals surface area (Å²) in [6.07, 6.45) is -0.116. The molecule has 1 aromatic carbocycles. The predicted octanol–water partition coefficient (Wildman–Crippen LogP) is 3.59. The quantitative estimate of drug-likeness (QED) is 0.795. The molecule has 2 heterocycles. The number of nitrogens with zero attached hydrogens (tertiary/aromatic N) is 4. The van der Waals surface area contributed by atoms with Gasteiger partial charge in [-0.3, -0.25) is 0 Å². The van der Waals surface area contributed by atoms with Crippen LogP contribution in [-0.4, -0.2) is 59.9 Å². The van der Waals surface area contributed by atoms with E-state index in [1.54, 1.807) is 4.90 Å². The molecule has 1 saturated heterocycles. The van der Waals surface area contributed by atoms with E-state index in [0.717, 1.165) is 22.9 Å². The maximum atomic E-state index is 11.9. The molecule has 1 amide bonds. The maximum Gasteiger partial charge on any atom is 0.409 e. The normalized spacial score (nSPS) is 14.1. The van der Waals surface area contributed by atoms with Gasteiger partial charge >= 0.3 is 6.09 Å². The number of anilines is 3. The van der Waals surface area contributed by atoms with Gasteiger partial charge < -0.3 is 24.6 Å². The van der Waals surface area contributed by atoms with E-state index < -0.39 is 0 Å². The van der Waals surface area contributed by atoms with Crippen molar-refractivity contribution in [2.24, 2.45) is 0 Å². The fourth-order valence-electron chi connectivity index (χ4n) is 3.10. The number of hydrogen-bond acceptors (Lipinski definition) is 7. The number of carbonyl (C=O) groups excluding carboxylic acids is 1. The lowest BCUT2D eigenvalue weighted by atomic mass is 10.3. The summed E-state index contributed by atoms with van der Waals surface area (Å²) in [5.74, 6) is 2.23. The molecule has 1 N–H and O–H groups in total. The molecule has 8 nitrogen and oxygen atoms in total. The molecular weight excluding hydrogens is 370 g/mol. The van der Waals surface area contributed by atoms with Crippen molar-refractivity contribution in [3.05, 3.63) is 36.0 Å². The molecule has 1 aliphatic heterocycles. The second-order valence-electron chi connectivity index (χ2n) is 7.18. The summed E-state index contributed by atoms with van der Waals surface area (Å²) in [4.78, 5) is 24.9. The van der Waals surface area contributed by atoms with Crippen LogP contribution in [0.1, 0.15) is 26.5 Å². The Labute approximate surface area is 171 Å². The average molecular weight is 399 g/mol. The summed E-state index contributed by atoms with van der Waals surface area (Å²) in [6, 6.07) is 9.72. The van der Waals surface area contributed by atoms with Gasteiger partial charge in [-0.1, -0.05) is 0 Å². The van der Waals surface area contributed by atoms with Crippen LogP contribution in [-0.2, 0) is 4.74 Å². The fourth-order valence-corrected chi connectivity index (χ4v) is 3.10. The highest BCUT2D eigenvalue weighted by molar-refractivity contribution is 5.68. The number of rotatable bonds is 6. The molecule has 1 aliphatic rings. The molecule has 0 aliphatic carbocycles. The maximum absolute atomic E-state index is 11.9. The number of carbonyl (C=O) groups is 1. The van der Waals surface area contributed by atoms with Crippen LogP contribution in [0.3, 0.4) is 0 Å². The monoisotopic (exact) mass is 399 g/mol. The first-order chi connectivity index (χ1) is 13.9. The summed E-state index contributed by atoms with van der Waals surface area (Å²) in [5.41, 5.74) is 1.81. The number of amides is 1. The Kier molecular flexibility index (Phi) is 6.74. The van der Waals surface area contributed by atoms with Gasteiger partial charge in [-0.25, -0.2) is 9.78 Å². The van der Waals surface area contributed by atoms with Crippen LogP contribution >= 0.6 is 0 Å². The first-order valence-corrected chi connectivity index (χ1v) is 10.0. The molecule has 1 aromatic heterocycles.